The average Bonchev–Trinajstić information content (AvgIpc) is 2.58. The molecule has 0 fully saturated rings. The van der Waals surface area contributed by atoms with Gasteiger partial charge in [-0.25, -0.2) is 0 Å². The van der Waals surface area contributed by atoms with Crippen LogP contribution in [0.15, 0.2) is 71.4 Å². The van der Waals surface area contributed by atoms with E-state index >= 15 is 0 Å². The van der Waals surface area contributed by atoms with Gasteiger partial charge in [0.05, 0.1) is 12.4 Å². The van der Waals surface area contributed by atoms with Crippen molar-refractivity contribution in [3.05, 3.63) is 83.4 Å². The highest BCUT2D eigenvalue weighted by atomic mass is 15.2. The van der Waals surface area contributed by atoms with Crippen LogP contribution in [0.3, 0.4) is 0 Å². The fourth-order valence-electron chi connectivity index (χ4n) is 2.08. The summed E-state index contributed by atoms with van der Waals surface area (Å²) in [6, 6.07) is 16.7. The molecular weight excluding hydrogens is 268 g/mol. The molecule has 2 aromatic carbocycles. The summed E-state index contributed by atoms with van der Waals surface area (Å²) in [6.45, 7) is 5.89. The van der Waals surface area contributed by atoms with E-state index in [1.54, 1.807) is 12.4 Å². The first-order chi connectivity index (χ1) is 10.8. The van der Waals surface area contributed by atoms with E-state index in [1.807, 2.05) is 6.08 Å². The first kappa shape index (κ1) is 15.9. The molecule has 0 radical (unpaired) electrons. The van der Waals surface area contributed by atoms with Crippen LogP contribution in [0.5, 0.6) is 0 Å². The second kappa shape index (κ2) is 8.73. The van der Waals surface area contributed by atoms with Gasteiger partial charge in [0.2, 0.25) is 0 Å². The molecule has 0 aliphatic rings. The Morgan fingerprint density at radius 1 is 0.818 bits per heavy atom. The van der Waals surface area contributed by atoms with Crippen molar-refractivity contribution in [2.45, 2.75) is 26.2 Å². The zero-order valence-electron chi connectivity index (χ0n) is 13.1. The van der Waals surface area contributed by atoms with E-state index in [0.29, 0.717) is 0 Å². The smallest absolute Gasteiger partial charge is 0.0568 e. The van der Waals surface area contributed by atoms with Gasteiger partial charge in [-0.15, -0.1) is 6.58 Å². The van der Waals surface area contributed by atoms with Crippen molar-refractivity contribution in [3.63, 3.8) is 0 Å². The van der Waals surface area contributed by atoms with Crippen LogP contribution in [-0.2, 0) is 12.8 Å². The second-order valence-corrected chi connectivity index (χ2v) is 5.15. The average molecular weight is 290 g/mol. The van der Waals surface area contributed by atoms with Crippen LogP contribution in [0.1, 0.15) is 35.6 Å². The maximum absolute atomic E-state index is 4.10. The lowest BCUT2D eigenvalue weighted by Crippen LogP contribution is -1.86. The Morgan fingerprint density at radius 2 is 1.32 bits per heavy atom. The zero-order valence-corrected chi connectivity index (χ0v) is 13.1. The predicted octanol–water partition coefficient (Wildman–Crippen LogP) is 4.82. The molecule has 0 aromatic heterocycles. The fraction of sp³-hybridized carbons (Fsp3) is 0.200. The number of rotatable bonds is 7. The van der Waals surface area contributed by atoms with E-state index in [4.69, 9.17) is 0 Å². The van der Waals surface area contributed by atoms with Gasteiger partial charge in [-0.1, -0.05) is 61.5 Å². The van der Waals surface area contributed by atoms with Gasteiger partial charge in [0, 0.05) is 0 Å². The lowest BCUT2D eigenvalue weighted by molar-refractivity contribution is 1.00. The number of allylic oxidation sites excluding steroid dienone is 1. The van der Waals surface area contributed by atoms with Gasteiger partial charge < -0.3 is 0 Å². The first-order valence-electron chi connectivity index (χ1n) is 7.67. The molecule has 0 saturated heterocycles. The standard InChI is InChI=1S/C20H22N2/c1-3-5-6-18-9-13-20(14-10-18)16-22-21-15-19-11-7-17(4-2)8-12-19/h3,7-16H,1,4-6H2,2H3/b21-15+,22-16+. The highest BCUT2D eigenvalue weighted by Gasteiger charge is 1.92. The van der Waals surface area contributed by atoms with E-state index < -0.39 is 0 Å². The van der Waals surface area contributed by atoms with E-state index in [-0.39, 0.29) is 0 Å². The first-order valence-corrected chi connectivity index (χ1v) is 7.67. The SMILES string of the molecule is C=CCCc1ccc(/C=N/N=C/c2ccc(CC)cc2)cc1. The topological polar surface area (TPSA) is 24.7 Å². The normalized spacial score (nSPS) is 11.3. The lowest BCUT2D eigenvalue weighted by atomic mass is 10.1. The van der Waals surface area contributed by atoms with E-state index in [2.05, 4.69) is 72.2 Å². The van der Waals surface area contributed by atoms with E-state index in [0.717, 1.165) is 30.4 Å². The second-order valence-electron chi connectivity index (χ2n) is 5.15. The third-order valence-corrected chi connectivity index (χ3v) is 3.49. The minimum absolute atomic E-state index is 1.01. The molecule has 0 amide bonds. The molecule has 0 unspecified atom stereocenters. The van der Waals surface area contributed by atoms with Crippen molar-refractivity contribution in [1.82, 2.24) is 0 Å². The van der Waals surface area contributed by atoms with Crippen LogP contribution in [0.25, 0.3) is 0 Å². The highest BCUT2D eigenvalue weighted by Crippen LogP contribution is 2.06. The maximum Gasteiger partial charge on any atom is 0.0568 e. The molecule has 0 aliphatic heterocycles. The summed E-state index contributed by atoms with van der Waals surface area (Å²) < 4.78 is 0. The van der Waals surface area contributed by atoms with E-state index in [9.17, 15) is 0 Å². The van der Waals surface area contributed by atoms with Crippen molar-refractivity contribution in [2.24, 2.45) is 10.2 Å². The van der Waals surface area contributed by atoms with Crippen molar-refractivity contribution in [3.8, 4) is 0 Å². The summed E-state index contributed by atoms with van der Waals surface area (Å²) in [4.78, 5) is 0. The molecule has 0 aliphatic carbocycles. The van der Waals surface area contributed by atoms with E-state index in [1.165, 1.54) is 11.1 Å². The summed E-state index contributed by atoms with van der Waals surface area (Å²) in [5.41, 5.74) is 4.77. The molecule has 2 rings (SSSR count). The van der Waals surface area contributed by atoms with Crippen molar-refractivity contribution >= 4 is 12.4 Å². The minimum Gasteiger partial charge on any atom is -0.159 e. The summed E-state index contributed by atoms with van der Waals surface area (Å²) >= 11 is 0. The summed E-state index contributed by atoms with van der Waals surface area (Å²) in [5.74, 6) is 0. The Bertz CT molecular complexity index is 634. The minimum atomic E-state index is 1.01. The summed E-state index contributed by atoms with van der Waals surface area (Å²) in [5, 5.41) is 8.20. The summed E-state index contributed by atoms with van der Waals surface area (Å²) in [6.07, 6.45) is 8.58. The largest absolute Gasteiger partial charge is 0.159 e. The molecular formula is C20H22N2. The number of hydrogen-bond donors (Lipinski definition) is 0. The third kappa shape index (κ3) is 5.13. The van der Waals surface area contributed by atoms with Crippen LogP contribution < -0.4 is 0 Å². The van der Waals surface area contributed by atoms with Crippen LogP contribution >= 0.6 is 0 Å². The predicted molar refractivity (Wildman–Crippen MR) is 96.0 cm³/mol. The Kier molecular flexibility index (Phi) is 6.31. The van der Waals surface area contributed by atoms with Crippen LogP contribution in [0.4, 0.5) is 0 Å². The Balaban J connectivity index is 1.90. The zero-order chi connectivity index (χ0) is 15.6. The Hall–Kier alpha value is -2.48. The lowest BCUT2D eigenvalue weighted by Gasteiger charge is -1.98. The van der Waals surface area contributed by atoms with Crippen LogP contribution in [-0.4, -0.2) is 12.4 Å². The van der Waals surface area contributed by atoms with Crippen molar-refractivity contribution in [1.29, 1.82) is 0 Å². The molecule has 2 heteroatoms. The fourth-order valence-corrected chi connectivity index (χ4v) is 2.08. The van der Waals surface area contributed by atoms with Gasteiger partial charge in [0.15, 0.2) is 0 Å². The van der Waals surface area contributed by atoms with Gasteiger partial charge in [-0.2, -0.15) is 10.2 Å². The van der Waals surface area contributed by atoms with Gasteiger partial charge in [-0.05, 0) is 41.5 Å². The van der Waals surface area contributed by atoms with Gasteiger partial charge in [0.25, 0.3) is 0 Å². The van der Waals surface area contributed by atoms with Gasteiger partial charge >= 0.3 is 0 Å². The number of aryl methyl sites for hydroxylation is 2. The molecule has 0 atom stereocenters. The summed E-state index contributed by atoms with van der Waals surface area (Å²) in [7, 11) is 0. The molecule has 2 nitrogen and oxygen atoms in total. The monoisotopic (exact) mass is 290 g/mol. The molecule has 0 saturated carbocycles. The molecule has 2 aromatic rings. The maximum atomic E-state index is 4.10. The molecule has 0 bridgehead atoms. The number of hydrogen-bond acceptors (Lipinski definition) is 2. The van der Waals surface area contributed by atoms with Crippen LogP contribution in [0, 0.1) is 0 Å². The van der Waals surface area contributed by atoms with Crippen molar-refractivity contribution in [2.75, 3.05) is 0 Å². The molecule has 112 valence electrons. The quantitative estimate of drug-likeness (QED) is 0.397. The Morgan fingerprint density at radius 3 is 1.77 bits per heavy atom. The third-order valence-electron chi connectivity index (χ3n) is 3.49. The molecule has 22 heavy (non-hydrogen) atoms. The van der Waals surface area contributed by atoms with Gasteiger partial charge in [-0.3, -0.25) is 0 Å². The highest BCUT2D eigenvalue weighted by molar-refractivity contribution is 5.82. The molecule has 0 N–H and O–H groups in total. The van der Waals surface area contributed by atoms with Crippen molar-refractivity contribution < 1.29 is 0 Å². The van der Waals surface area contributed by atoms with Crippen LogP contribution in [0.2, 0.25) is 0 Å². The Labute approximate surface area is 132 Å². The number of nitrogens with zero attached hydrogens (tertiary/aromatic N) is 2. The molecule has 0 heterocycles. The van der Waals surface area contributed by atoms with Gasteiger partial charge in [0.1, 0.15) is 0 Å². The number of benzene rings is 2. The molecule has 0 spiro atoms.